The van der Waals surface area contributed by atoms with Crippen molar-refractivity contribution in [2.75, 3.05) is 12.3 Å². The van der Waals surface area contributed by atoms with E-state index in [0.29, 0.717) is 28.2 Å². The number of aromatic nitrogens is 1. The summed E-state index contributed by atoms with van der Waals surface area (Å²) in [6.07, 6.45) is 0. The molecule has 19 heavy (non-hydrogen) atoms. The highest BCUT2D eigenvalue weighted by atomic mass is 32.1. The van der Waals surface area contributed by atoms with Gasteiger partial charge in [-0.3, -0.25) is 9.59 Å². The molecule has 1 rings (SSSR count). The van der Waals surface area contributed by atoms with Crippen LogP contribution in [0.25, 0.3) is 0 Å². The van der Waals surface area contributed by atoms with Gasteiger partial charge in [-0.05, 0) is 19.8 Å². The van der Waals surface area contributed by atoms with Crippen molar-refractivity contribution in [2.45, 2.75) is 33.7 Å². The molecule has 0 aliphatic rings. The van der Waals surface area contributed by atoms with Gasteiger partial charge in [-0.15, -0.1) is 0 Å². The highest BCUT2D eigenvalue weighted by Gasteiger charge is 2.19. The Labute approximate surface area is 116 Å². The number of carbonyl (C=O) groups excluding carboxylic acids is 2. The van der Waals surface area contributed by atoms with E-state index in [4.69, 9.17) is 5.73 Å². The van der Waals surface area contributed by atoms with Crippen LogP contribution in [0.5, 0.6) is 0 Å². The van der Waals surface area contributed by atoms with Crippen molar-refractivity contribution in [3.63, 3.8) is 0 Å². The van der Waals surface area contributed by atoms with Crippen LogP contribution in [0.4, 0.5) is 5.13 Å². The van der Waals surface area contributed by atoms with Gasteiger partial charge in [-0.25, -0.2) is 4.98 Å². The zero-order valence-electron chi connectivity index (χ0n) is 11.6. The largest absolute Gasteiger partial charge is 0.375 e. The Morgan fingerprint density at radius 3 is 2.47 bits per heavy atom. The minimum absolute atomic E-state index is 0.197. The predicted octanol–water partition coefficient (Wildman–Crippen LogP) is 0.924. The first-order chi connectivity index (χ1) is 8.81. The predicted molar refractivity (Wildman–Crippen MR) is 76.0 cm³/mol. The van der Waals surface area contributed by atoms with E-state index in [2.05, 4.69) is 15.6 Å². The SMILES string of the molecule is Cc1nc(N)sc1C(=O)NC(C)C(=O)NCC(C)C. The average molecular weight is 284 g/mol. The van der Waals surface area contributed by atoms with Gasteiger partial charge in [0, 0.05) is 6.54 Å². The second kappa shape index (κ2) is 6.51. The quantitative estimate of drug-likeness (QED) is 0.749. The molecule has 6 nitrogen and oxygen atoms in total. The Kier molecular flexibility index (Phi) is 5.29. The van der Waals surface area contributed by atoms with Crippen molar-refractivity contribution >= 4 is 28.3 Å². The van der Waals surface area contributed by atoms with Gasteiger partial charge in [0.25, 0.3) is 5.91 Å². The van der Waals surface area contributed by atoms with Crippen LogP contribution in [0.15, 0.2) is 0 Å². The van der Waals surface area contributed by atoms with Crippen LogP contribution in [0.3, 0.4) is 0 Å². The summed E-state index contributed by atoms with van der Waals surface area (Å²) in [5, 5.41) is 5.75. The molecule has 0 aliphatic carbocycles. The number of rotatable bonds is 5. The molecular weight excluding hydrogens is 264 g/mol. The van der Waals surface area contributed by atoms with E-state index >= 15 is 0 Å². The van der Waals surface area contributed by atoms with E-state index in [1.165, 1.54) is 0 Å². The number of amides is 2. The summed E-state index contributed by atoms with van der Waals surface area (Å²) < 4.78 is 0. The van der Waals surface area contributed by atoms with Crippen LogP contribution < -0.4 is 16.4 Å². The van der Waals surface area contributed by atoms with Crippen molar-refractivity contribution < 1.29 is 9.59 Å². The molecule has 1 aromatic rings. The number of nitrogens with one attached hydrogen (secondary N) is 2. The fourth-order valence-corrected chi connectivity index (χ4v) is 2.15. The third-order valence-electron chi connectivity index (χ3n) is 2.44. The third kappa shape index (κ3) is 4.51. The Morgan fingerprint density at radius 2 is 2.00 bits per heavy atom. The Bertz CT molecular complexity index is 470. The first kappa shape index (κ1) is 15.4. The van der Waals surface area contributed by atoms with E-state index in [9.17, 15) is 9.59 Å². The molecule has 0 fully saturated rings. The lowest BCUT2D eigenvalue weighted by molar-refractivity contribution is -0.122. The topological polar surface area (TPSA) is 97.1 Å². The first-order valence-electron chi connectivity index (χ1n) is 6.12. The zero-order chi connectivity index (χ0) is 14.6. The number of hydrogen-bond acceptors (Lipinski definition) is 5. The normalized spacial score (nSPS) is 12.3. The third-order valence-corrected chi connectivity index (χ3v) is 3.43. The number of thiazole rings is 1. The van der Waals surface area contributed by atoms with Crippen molar-refractivity contribution in [3.05, 3.63) is 10.6 Å². The maximum atomic E-state index is 12.0. The molecule has 1 aromatic heterocycles. The molecular formula is C12H20N4O2S. The van der Waals surface area contributed by atoms with Gasteiger partial charge in [-0.2, -0.15) is 0 Å². The molecule has 1 atom stereocenters. The maximum Gasteiger partial charge on any atom is 0.263 e. The van der Waals surface area contributed by atoms with Gasteiger partial charge in [0.2, 0.25) is 5.91 Å². The molecule has 2 amide bonds. The van der Waals surface area contributed by atoms with Gasteiger partial charge in [0.05, 0.1) is 5.69 Å². The van der Waals surface area contributed by atoms with Crippen molar-refractivity contribution in [1.29, 1.82) is 0 Å². The number of nitrogens with two attached hydrogens (primary N) is 1. The van der Waals surface area contributed by atoms with E-state index in [1.807, 2.05) is 13.8 Å². The van der Waals surface area contributed by atoms with E-state index in [-0.39, 0.29) is 11.8 Å². The smallest absolute Gasteiger partial charge is 0.263 e. The molecule has 1 heterocycles. The van der Waals surface area contributed by atoms with Crippen LogP contribution in [0.1, 0.15) is 36.1 Å². The molecule has 0 radical (unpaired) electrons. The summed E-state index contributed by atoms with van der Waals surface area (Å²) in [5.74, 6) is -0.147. The molecule has 0 bridgehead atoms. The van der Waals surface area contributed by atoms with Crippen molar-refractivity contribution in [3.8, 4) is 0 Å². The Hall–Kier alpha value is -1.63. The molecule has 0 saturated heterocycles. The van der Waals surface area contributed by atoms with Crippen LogP contribution in [0, 0.1) is 12.8 Å². The van der Waals surface area contributed by atoms with Crippen LogP contribution in [-0.4, -0.2) is 29.4 Å². The summed E-state index contributed by atoms with van der Waals surface area (Å²) in [7, 11) is 0. The molecule has 0 aliphatic heterocycles. The summed E-state index contributed by atoms with van der Waals surface area (Å²) in [5.41, 5.74) is 6.12. The molecule has 7 heteroatoms. The van der Waals surface area contributed by atoms with Crippen molar-refractivity contribution in [2.24, 2.45) is 5.92 Å². The molecule has 0 spiro atoms. The van der Waals surface area contributed by atoms with Crippen LogP contribution >= 0.6 is 11.3 Å². The monoisotopic (exact) mass is 284 g/mol. The average Bonchev–Trinajstić information content (AvgIpc) is 2.65. The molecule has 4 N–H and O–H groups in total. The lowest BCUT2D eigenvalue weighted by atomic mass is 10.2. The summed E-state index contributed by atoms with van der Waals surface area (Å²) in [6, 6.07) is -0.589. The Balaban J connectivity index is 2.57. The molecule has 0 saturated carbocycles. The fraction of sp³-hybridized carbons (Fsp3) is 0.583. The van der Waals surface area contributed by atoms with E-state index in [1.54, 1.807) is 13.8 Å². The fourth-order valence-electron chi connectivity index (χ4n) is 1.41. The summed E-state index contributed by atoms with van der Waals surface area (Å²) in [4.78, 5) is 28.1. The van der Waals surface area contributed by atoms with E-state index in [0.717, 1.165) is 11.3 Å². The van der Waals surface area contributed by atoms with Gasteiger partial charge in [-0.1, -0.05) is 25.2 Å². The molecule has 0 aromatic carbocycles. The summed E-state index contributed by atoms with van der Waals surface area (Å²) in [6.45, 7) is 7.96. The van der Waals surface area contributed by atoms with Gasteiger partial charge in [0.15, 0.2) is 5.13 Å². The number of hydrogen-bond donors (Lipinski definition) is 3. The second-order valence-electron chi connectivity index (χ2n) is 4.80. The van der Waals surface area contributed by atoms with Crippen LogP contribution in [0.2, 0.25) is 0 Å². The molecule has 1 unspecified atom stereocenters. The minimum Gasteiger partial charge on any atom is -0.375 e. The summed E-state index contributed by atoms with van der Waals surface area (Å²) >= 11 is 1.12. The number of nitrogens with zero attached hydrogens (tertiary/aromatic N) is 1. The number of nitrogen functional groups attached to an aromatic ring is 1. The highest BCUT2D eigenvalue weighted by molar-refractivity contribution is 7.17. The number of carbonyl (C=O) groups is 2. The molecule has 106 valence electrons. The van der Waals surface area contributed by atoms with E-state index < -0.39 is 6.04 Å². The highest BCUT2D eigenvalue weighted by Crippen LogP contribution is 2.19. The van der Waals surface area contributed by atoms with Crippen molar-refractivity contribution in [1.82, 2.24) is 15.6 Å². The number of anilines is 1. The zero-order valence-corrected chi connectivity index (χ0v) is 12.4. The lowest BCUT2D eigenvalue weighted by Gasteiger charge is -2.14. The standard InChI is InChI=1S/C12H20N4O2S/c1-6(2)5-14-10(17)8(4)15-11(18)9-7(3)16-12(13)19-9/h6,8H,5H2,1-4H3,(H2,13,16)(H,14,17)(H,15,18). The first-order valence-corrected chi connectivity index (χ1v) is 6.94. The second-order valence-corrected chi connectivity index (χ2v) is 5.83. The van der Waals surface area contributed by atoms with Crippen LogP contribution in [-0.2, 0) is 4.79 Å². The van der Waals surface area contributed by atoms with Gasteiger partial charge < -0.3 is 16.4 Å². The minimum atomic E-state index is -0.589. The number of aryl methyl sites for hydroxylation is 1. The maximum absolute atomic E-state index is 12.0. The lowest BCUT2D eigenvalue weighted by Crippen LogP contribution is -2.45. The Morgan fingerprint density at radius 1 is 1.37 bits per heavy atom. The van der Waals surface area contributed by atoms with Gasteiger partial charge in [0.1, 0.15) is 10.9 Å². The van der Waals surface area contributed by atoms with Gasteiger partial charge >= 0.3 is 0 Å².